The van der Waals surface area contributed by atoms with Crippen molar-refractivity contribution in [3.05, 3.63) is 9.48 Å². The Morgan fingerprint density at radius 3 is 3.45 bits per heavy atom. The number of hydrogen-bond donors (Lipinski definition) is 0. The maximum absolute atomic E-state index is 7.58. The highest BCUT2D eigenvalue weighted by Crippen LogP contribution is 2.30. The molecule has 2 nitrogen and oxygen atoms in total. The summed E-state index contributed by atoms with van der Waals surface area (Å²) in [5.74, 6) is 0. The summed E-state index contributed by atoms with van der Waals surface area (Å²) in [6.07, 6.45) is -2.79. The fraction of sp³-hybridized carbons (Fsp3) is 0.571. The van der Waals surface area contributed by atoms with Crippen molar-refractivity contribution in [2.45, 2.75) is 20.1 Å². The minimum Gasteiger partial charge on any atom is -0.470 e. The van der Waals surface area contributed by atoms with Gasteiger partial charge in [0.05, 0.1) is 18.8 Å². The maximum Gasteiger partial charge on any atom is 0.274 e. The summed E-state index contributed by atoms with van der Waals surface area (Å²) >= 11 is 3.53. The van der Waals surface area contributed by atoms with Crippen LogP contribution in [0, 0.1) is 0 Å². The Balaban J connectivity index is 3.16. The maximum atomic E-state index is 7.58. The summed E-state index contributed by atoms with van der Waals surface area (Å²) < 4.78 is 76.9. The van der Waals surface area contributed by atoms with Gasteiger partial charge in [-0.15, -0.1) is 0 Å². The molecule has 0 N–H and O–H groups in total. The second kappa shape index (κ2) is 4.07. The average Bonchev–Trinajstić information content (AvgIpc) is 2.55. The number of rotatable bonds is 3. The highest BCUT2D eigenvalue weighted by atomic mass is 79.9. The van der Waals surface area contributed by atoms with Gasteiger partial charge in [-0.2, -0.15) is 0 Å². The van der Waals surface area contributed by atoms with E-state index in [2.05, 4.69) is 25.7 Å². The van der Waals surface area contributed by atoms with Crippen molar-refractivity contribution in [3.63, 3.8) is 0 Å². The van der Waals surface area contributed by atoms with Crippen LogP contribution in [-0.2, 0) is 6.37 Å². The lowest BCUT2D eigenvalue weighted by molar-refractivity contribution is 0.337. The molecule has 0 amide bonds. The molecule has 1 aromatic heterocycles. The highest BCUT2D eigenvalue weighted by Gasteiger charge is 2.06. The molecule has 1 heterocycles. The van der Waals surface area contributed by atoms with Gasteiger partial charge in [-0.1, -0.05) is 18.2 Å². The predicted molar refractivity (Wildman–Crippen MR) is 50.4 cm³/mol. The first-order chi connectivity index (χ1) is 9.09. The van der Waals surface area contributed by atoms with Crippen molar-refractivity contribution in [2.75, 3.05) is 6.56 Å². The lowest BCUT2D eigenvalue weighted by Gasteiger charge is -1.92. The standard InChI is InChI=1S/C7H10BrNOS/c1-3-5-6(8)11-7(9-5)10-4-2/h3-4H2,1-2H3/i1D3,2D3,3D2,4D2. The highest BCUT2D eigenvalue weighted by molar-refractivity contribution is 9.11. The second-order valence-electron chi connectivity index (χ2n) is 1.43. The molecule has 1 rings (SSSR count). The number of halogens is 1. The van der Waals surface area contributed by atoms with E-state index in [0.29, 0.717) is 11.3 Å². The van der Waals surface area contributed by atoms with E-state index in [1.165, 1.54) is 0 Å². The molecule has 0 atom stereocenters. The fourth-order valence-electron chi connectivity index (χ4n) is 0.447. The second-order valence-corrected chi connectivity index (χ2v) is 3.71. The molecule has 0 saturated carbocycles. The number of ether oxygens (including phenoxy) is 1. The molecule has 1 aromatic rings. The molecule has 0 aliphatic rings. The third-order valence-electron chi connectivity index (χ3n) is 0.823. The molecule has 0 aliphatic carbocycles. The van der Waals surface area contributed by atoms with Gasteiger partial charge in [-0.25, -0.2) is 4.98 Å². The van der Waals surface area contributed by atoms with Gasteiger partial charge >= 0.3 is 0 Å². The first kappa shape index (κ1) is 2.45. The summed E-state index contributed by atoms with van der Waals surface area (Å²) in [6.45, 7) is -9.10. The van der Waals surface area contributed by atoms with Crippen LogP contribution >= 0.6 is 27.3 Å². The molecule has 0 radical (unpaired) electrons. The van der Waals surface area contributed by atoms with Gasteiger partial charge < -0.3 is 4.74 Å². The Bertz CT molecular complexity index is 520. The number of aromatic nitrogens is 1. The van der Waals surface area contributed by atoms with Gasteiger partial charge in [0, 0.05) is 11.0 Å². The number of hydrogen-bond acceptors (Lipinski definition) is 3. The smallest absolute Gasteiger partial charge is 0.274 e. The topological polar surface area (TPSA) is 22.1 Å². The van der Waals surface area contributed by atoms with Crippen LogP contribution in [-0.4, -0.2) is 11.5 Å². The zero-order valence-electron chi connectivity index (χ0n) is 15.1. The van der Waals surface area contributed by atoms with Crippen molar-refractivity contribution < 1.29 is 18.4 Å². The molecule has 0 unspecified atom stereocenters. The summed E-state index contributed by atoms with van der Waals surface area (Å²) in [4.78, 5) is 3.57. The van der Waals surface area contributed by atoms with Crippen LogP contribution in [0.4, 0.5) is 0 Å². The molecule has 0 aliphatic heterocycles. The first-order valence-corrected chi connectivity index (χ1v) is 4.06. The quantitative estimate of drug-likeness (QED) is 0.818. The van der Waals surface area contributed by atoms with Crippen LogP contribution < -0.4 is 4.74 Å². The SMILES string of the molecule is [2H]C([2H])([2H])C([2H])([2H])Oc1nc(C([2H])([2H])C([2H])([2H])[2H])c(Br)s1. The summed E-state index contributed by atoms with van der Waals surface area (Å²) in [5.41, 5.74) is -0.496. The zero-order chi connectivity index (χ0) is 16.9. The molecule has 0 saturated heterocycles. The van der Waals surface area contributed by atoms with Crippen LogP contribution in [0.2, 0.25) is 0 Å². The predicted octanol–water partition coefficient (Wildman–Crippen LogP) is 2.87. The van der Waals surface area contributed by atoms with Crippen molar-refractivity contribution in [3.8, 4) is 5.19 Å². The lowest BCUT2D eigenvalue weighted by atomic mass is 10.4. The van der Waals surface area contributed by atoms with Crippen LogP contribution in [0.25, 0.3) is 0 Å². The van der Waals surface area contributed by atoms with Gasteiger partial charge in [0.1, 0.15) is 0 Å². The van der Waals surface area contributed by atoms with Crippen LogP contribution in [0.5, 0.6) is 5.19 Å². The van der Waals surface area contributed by atoms with Crippen molar-refractivity contribution in [1.29, 1.82) is 0 Å². The summed E-state index contributed by atoms with van der Waals surface area (Å²) in [5, 5.41) is -0.480. The third-order valence-corrected chi connectivity index (χ3v) is 2.41. The van der Waals surface area contributed by atoms with E-state index in [9.17, 15) is 0 Å². The Labute approximate surface area is 92.8 Å². The molecule has 0 aromatic carbocycles. The van der Waals surface area contributed by atoms with E-state index < -0.39 is 37.5 Å². The number of nitrogens with zero attached hydrogens (tertiary/aromatic N) is 1. The van der Waals surface area contributed by atoms with E-state index >= 15 is 0 Å². The molecule has 0 spiro atoms. The summed E-state index contributed by atoms with van der Waals surface area (Å²) in [6, 6.07) is 0. The molecule has 0 bridgehead atoms. The largest absolute Gasteiger partial charge is 0.470 e. The Morgan fingerprint density at radius 2 is 2.73 bits per heavy atom. The van der Waals surface area contributed by atoms with Crippen molar-refractivity contribution in [2.24, 2.45) is 0 Å². The number of thiazole rings is 1. The minimum absolute atomic E-state index is 0.0139. The third kappa shape index (κ3) is 2.17. The average molecular weight is 246 g/mol. The first-order valence-electron chi connectivity index (χ1n) is 7.45. The van der Waals surface area contributed by atoms with Crippen LogP contribution in [0.3, 0.4) is 0 Å². The Kier molecular flexibility index (Phi) is 0.906. The summed E-state index contributed by atoms with van der Waals surface area (Å²) in [7, 11) is 0. The number of aryl methyl sites for hydroxylation is 1. The van der Waals surface area contributed by atoms with E-state index in [1.54, 1.807) is 0 Å². The molecule has 62 valence electrons. The van der Waals surface area contributed by atoms with Crippen molar-refractivity contribution in [1.82, 2.24) is 4.98 Å². The van der Waals surface area contributed by atoms with E-state index in [0.717, 1.165) is 0 Å². The van der Waals surface area contributed by atoms with Crippen LogP contribution in [0.1, 0.15) is 33.1 Å². The van der Waals surface area contributed by atoms with E-state index in [-0.39, 0.29) is 3.79 Å². The fourth-order valence-corrected chi connectivity index (χ4v) is 1.62. The van der Waals surface area contributed by atoms with Gasteiger partial charge in [-0.3, -0.25) is 0 Å². The van der Waals surface area contributed by atoms with Gasteiger partial charge in [0.25, 0.3) is 5.19 Å². The van der Waals surface area contributed by atoms with Gasteiger partial charge in [0.15, 0.2) is 0 Å². The van der Waals surface area contributed by atoms with Gasteiger partial charge in [0.2, 0.25) is 0 Å². The lowest BCUT2D eigenvalue weighted by Crippen LogP contribution is -1.90. The van der Waals surface area contributed by atoms with E-state index in [4.69, 9.17) is 13.7 Å². The molecular weight excluding hydrogens is 226 g/mol. The normalized spacial score (nSPS) is 28.5. The van der Waals surface area contributed by atoms with Crippen LogP contribution in [0.15, 0.2) is 3.79 Å². The molecule has 4 heteroatoms. The van der Waals surface area contributed by atoms with Gasteiger partial charge in [-0.05, 0) is 29.2 Å². The van der Waals surface area contributed by atoms with Crippen molar-refractivity contribution >= 4 is 27.3 Å². The molecular formula is C7H10BrNOS. The van der Waals surface area contributed by atoms with E-state index in [1.807, 2.05) is 0 Å². The minimum atomic E-state index is -3.08. The Hall–Kier alpha value is -0.0900. The Morgan fingerprint density at radius 1 is 1.82 bits per heavy atom. The zero-order valence-corrected chi connectivity index (χ0v) is 7.54. The molecule has 11 heavy (non-hydrogen) atoms. The molecule has 0 fully saturated rings. The monoisotopic (exact) mass is 245 g/mol.